The molecule has 0 spiro atoms. The molecule has 0 saturated heterocycles. The zero-order valence-corrected chi connectivity index (χ0v) is 10.2. The molecule has 0 atom stereocenters. The molecule has 0 heterocycles. The number of aryl methyl sites for hydroxylation is 1. The van der Waals surface area contributed by atoms with Gasteiger partial charge in [-0.3, -0.25) is 0 Å². The SMILES string of the molecule is CC(C)(CCO)Nc1cccc2c1CCC2. The van der Waals surface area contributed by atoms with Gasteiger partial charge in [-0.15, -0.1) is 0 Å². The monoisotopic (exact) mass is 219 g/mol. The third-order valence-electron chi connectivity index (χ3n) is 3.36. The molecule has 1 aliphatic carbocycles. The molecule has 16 heavy (non-hydrogen) atoms. The number of fused-ring (bicyclic) bond motifs is 1. The molecule has 2 N–H and O–H groups in total. The van der Waals surface area contributed by atoms with Gasteiger partial charge in [0.05, 0.1) is 0 Å². The first kappa shape index (κ1) is 11.5. The van der Waals surface area contributed by atoms with E-state index in [0.29, 0.717) is 0 Å². The summed E-state index contributed by atoms with van der Waals surface area (Å²) in [4.78, 5) is 0. The molecular formula is C14H21NO. The summed E-state index contributed by atoms with van der Waals surface area (Å²) in [5.74, 6) is 0. The maximum Gasteiger partial charge on any atom is 0.0453 e. The number of hydrogen-bond donors (Lipinski definition) is 2. The van der Waals surface area contributed by atoms with Crippen molar-refractivity contribution in [2.24, 2.45) is 0 Å². The fourth-order valence-electron chi connectivity index (χ4n) is 2.44. The Balaban J connectivity index is 2.19. The fraction of sp³-hybridized carbons (Fsp3) is 0.571. The number of aliphatic hydroxyl groups is 1. The summed E-state index contributed by atoms with van der Waals surface area (Å²) in [5.41, 5.74) is 4.19. The van der Waals surface area contributed by atoms with E-state index in [4.69, 9.17) is 5.11 Å². The molecule has 0 saturated carbocycles. The maximum absolute atomic E-state index is 9.03. The van der Waals surface area contributed by atoms with E-state index >= 15 is 0 Å². The van der Waals surface area contributed by atoms with Crippen LogP contribution in [0.5, 0.6) is 0 Å². The molecule has 1 aromatic rings. The van der Waals surface area contributed by atoms with Gasteiger partial charge in [0, 0.05) is 17.8 Å². The lowest BCUT2D eigenvalue weighted by atomic mass is 9.99. The summed E-state index contributed by atoms with van der Waals surface area (Å²) in [7, 11) is 0. The molecule has 0 aromatic heterocycles. The van der Waals surface area contributed by atoms with Crippen LogP contribution in [0.1, 0.15) is 37.8 Å². The average molecular weight is 219 g/mol. The molecule has 2 rings (SSSR count). The molecule has 2 heteroatoms. The Kier molecular flexibility index (Phi) is 3.20. The number of nitrogens with one attached hydrogen (secondary N) is 1. The van der Waals surface area contributed by atoms with Crippen molar-refractivity contribution >= 4 is 5.69 Å². The Labute approximate surface area is 97.7 Å². The van der Waals surface area contributed by atoms with E-state index < -0.39 is 0 Å². The minimum atomic E-state index is -0.0353. The summed E-state index contributed by atoms with van der Waals surface area (Å²) >= 11 is 0. The molecule has 1 aliphatic rings. The van der Waals surface area contributed by atoms with Gasteiger partial charge in [-0.25, -0.2) is 0 Å². The van der Waals surface area contributed by atoms with Gasteiger partial charge in [-0.1, -0.05) is 12.1 Å². The van der Waals surface area contributed by atoms with Gasteiger partial charge >= 0.3 is 0 Å². The Morgan fingerprint density at radius 3 is 2.88 bits per heavy atom. The van der Waals surface area contributed by atoms with Gasteiger partial charge in [0.2, 0.25) is 0 Å². The zero-order chi connectivity index (χ0) is 11.6. The first-order chi connectivity index (χ1) is 7.62. The Morgan fingerprint density at radius 1 is 1.31 bits per heavy atom. The third-order valence-corrected chi connectivity index (χ3v) is 3.36. The maximum atomic E-state index is 9.03. The highest BCUT2D eigenvalue weighted by atomic mass is 16.3. The molecule has 88 valence electrons. The normalized spacial score (nSPS) is 14.9. The van der Waals surface area contributed by atoms with Gasteiger partial charge < -0.3 is 10.4 Å². The Hall–Kier alpha value is -1.02. The van der Waals surface area contributed by atoms with Crippen LogP contribution in [0.2, 0.25) is 0 Å². The van der Waals surface area contributed by atoms with Crippen LogP contribution in [-0.2, 0) is 12.8 Å². The number of anilines is 1. The van der Waals surface area contributed by atoms with Crippen LogP contribution in [0.15, 0.2) is 18.2 Å². The van der Waals surface area contributed by atoms with Crippen molar-refractivity contribution in [3.8, 4) is 0 Å². The van der Waals surface area contributed by atoms with Crippen LogP contribution < -0.4 is 5.32 Å². The Morgan fingerprint density at radius 2 is 2.12 bits per heavy atom. The molecule has 0 unspecified atom stereocenters. The first-order valence-corrected chi connectivity index (χ1v) is 6.12. The lowest BCUT2D eigenvalue weighted by Gasteiger charge is -2.28. The van der Waals surface area contributed by atoms with Gasteiger partial charge in [0.25, 0.3) is 0 Å². The lowest BCUT2D eigenvalue weighted by Crippen LogP contribution is -2.32. The molecule has 0 aliphatic heterocycles. The smallest absolute Gasteiger partial charge is 0.0453 e. The van der Waals surface area contributed by atoms with Crippen molar-refractivity contribution in [1.29, 1.82) is 0 Å². The topological polar surface area (TPSA) is 32.3 Å². The lowest BCUT2D eigenvalue weighted by molar-refractivity contribution is 0.261. The summed E-state index contributed by atoms with van der Waals surface area (Å²) < 4.78 is 0. The molecule has 0 radical (unpaired) electrons. The highest BCUT2D eigenvalue weighted by Crippen LogP contribution is 2.30. The second-order valence-corrected chi connectivity index (χ2v) is 5.28. The van der Waals surface area contributed by atoms with Crippen molar-refractivity contribution in [2.45, 2.75) is 45.1 Å². The van der Waals surface area contributed by atoms with Crippen LogP contribution in [-0.4, -0.2) is 17.3 Å². The summed E-state index contributed by atoms with van der Waals surface area (Å²) in [6.45, 7) is 4.50. The minimum absolute atomic E-state index is 0.0353. The summed E-state index contributed by atoms with van der Waals surface area (Å²) in [5, 5.41) is 12.6. The third kappa shape index (κ3) is 2.38. The molecule has 0 amide bonds. The molecule has 2 nitrogen and oxygen atoms in total. The van der Waals surface area contributed by atoms with Crippen LogP contribution >= 0.6 is 0 Å². The van der Waals surface area contributed by atoms with Gasteiger partial charge in [-0.2, -0.15) is 0 Å². The second kappa shape index (κ2) is 4.46. The molecule has 0 bridgehead atoms. The quantitative estimate of drug-likeness (QED) is 0.816. The second-order valence-electron chi connectivity index (χ2n) is 5.28. The molecular weight excluding hydrogens is 198 g/mol. The van der Waals surface area contributed by atoms with Gasteiger partial charge in [0.1, 0.15) is 0 Å². The number of aliphatic hydroxyl groups excluding tert-OH is 1. The van der Waals surface area contributed by atoms with E-state index in [0.717, 1.165) is 6.42 Å². The highest BCUT2D eigenvalue weighted by Gasteiger charge is 2.20. The van der Waals surface area contributed by atoms with Crippen molar-refractivity contribution in [2.75, 3.05) is 11.9 Å². The highest BCUT2D eigenvalue weighted by molar-refractivity contribution is 5.57. The van der Waals surface area contributed by atoms with E-state index in [9.17, 15) is 0 Å². The van der Waals surface area contributed by atoms with Crippen molar-refractivity contribution in [3.63, 3.8) is 0 Å². The summed E-state index contributed by atoms with van der Waals surface area (Å²) in [6.07, 6.45) is 4.45. The predicted octanol–water partition coefficient (Wildman–Crippen LogP) is 2.75. The minimum Gasteiger partial charge on any atom is -0.396 e. The van der Waals surface area contributed by atoms with E-state index in [-0.39, 0.29) is 12.1 Å². The largest absolute Gasteiger partial charge is 0.396 e. The number of hydrogen-bond acceptors (Lipinski definition) is 2. The molecule has 1 aromatic carbocycles. The van der Waals surface area contributed by atoms with Crippen molar-refractivity contribution < 1.29 is 5.11 Å². The van der Waals surface area contributed by atoms with Crippen LogP contribution in [0.25, 0.3) is 0 Å². The van der Waals surface area contributed by atoms with E-state index in [1.54, 1.807) is 0 Å². The zero-order valence-electron chi connectivity index (χ0n) is 10.2. The standard InChI is InChI=1S/C14H21NO/c1-14(2,9-10-16)15-13-8-4-6-11-5-3-7-12(11)13/h4,6,8,15-16H,3,5,7,9-10H2,1-2H3. The van der Waals surface area contributed by atoms with Crippen LogP contribution in [0.3, 0.4) is 0 Å². The number of rotatable bonds is 4. The fourth-order valence-corrected chi connectivity index (χ4v) is 2.44. The van der Waals surface area contributed by atoms with Gasteiger partial charge in [-0.05, 0) is 56.7 Å². The van der Waals surface area contributed by atoms with E-state index in [1.165, 1.54) is 36.1 Å². The van der Waals surface area contributed by atoms with E-state index in [1.807, 2.05) is 0 Å². The predicted molar refractivity (Wildman–Crippen MR) is 67.9 cm³/mol. The van der Waals surface area contributed by atoms with Crippen molar-refractivity contribution in [3.05, 3.63) is 29.3 Å². The summed E-state index contributed by atoms with van der Waals surface area (Å²) in [6, 6.07) is 6.51. The number of benzene rings is 1. The van der Waals surface area contributed by atoms with Crippen molar-refractivity contribution in [1.82, 2.24) is 0 Å². The first-order valence-electron chi connectivity index (χ1n) is 6.12. The Bertz CT molecular complexity index is 371. The van der Waals surface area contributed by atoms with E-state index in [2.05, 4.69) is 37.4 Å². The van der Waals surface area contributed by atoms with Crippen LogP contribution in [0.4, 0.5) is 5.69 Å². The average Bonchev–Trinajstić information content (AvgIpc) is 2.65. The van der Waals surface area contributed by atoms with Crippen LogP contribution in [0, 0.1) is 0 Å². The molecule has 0 fully saturated rings. The van der Waals surface area contributed by atoms with Gasteiger partial charge in [0.15, 0.2) is 0 Å².